The number of carbonyl (C=O) groups excluding carboxylic acids is 6. The fraction of sp³-hybridized carbons (Fsp3) is 0.348. The molecule has 15 nitrogen and oxygen atoms in total. The maximum absolute atomic E-state index is 14.8. The van der Waals surface area contributed by atoms with Gasteiger partial charge in [0.05, 0.1) is 21.3 Å². The van der Waals surface area contributed by atoms with Crippen molar-refractivity contribution in [3.8, 4) is 33.8 Å². The minimum atomic E-state index is -1.40. The SMILES string of the molecule is COC(=O)[C@@H]1Cc2ccc(OC)c(c2)-c2cc(ccc2OC)[C@H](N(C)C(=O)[C@H](CCNC(=O)OC(C)(C)C)NC(=O)c2ccc(-c3ccc(Cl)cc3)cc2)C(=O)N[C@@H](C)C(=O)N1. The van der Waals surface area contributed by atoms with Crippen LogP contribution in [0.3, 0.4) is 0 Å². The monoisotopic (exact) mass is 869 g/mol. The van der Waals surface area contributed by atoms with Gasteiger partial charge >= 0.3 is 12.1 Å². The average molecular weight is 870 g/mol. The van der Waals surface area contributed by atoms with Gasteiger partial charge in [-0.05, 0) is 105 Å². The van der Waals surface area contributed by atoms with Crippen LogP contribution in [0.25, 0.3) is 22.3 Å². The molecule has 4 aromatic carbocycles. The molecule has 0 radical (unpaired) electrons. The highest BCUT2D eigenvalue weighted by Crippen LogP contribution is 2.40. The second-order valence-corrected chi connectivity index (χ2v) is 16.1. The van der Waals surface area contributed by atoms with Gasteiger partial charge in [0.1, 0.15) is 41.3 Å². The number of nitrogens with one attached hydrogen (secondary N) is 4. The number of rotatable bonds is 11. The van der Waals surface area contributed by atoms with Crippen molar-refractivity contribution in [1.82, 2.24) is 26.2 Å². The average Bonchev–Trinajstić information content (AvgIpc) is 3.24. The first-order valence-corrected chi connectivity index (χ1v) is 20.2. The van der Waals surface area contributed by atoms with Gasteiger partial charge in [0.2, 0.25) is 17.7 Å². The molecule has 0 saturated heterocycles. The summed E-state index contributed by atoms with van der Waals surface area (Å²) < 4.78 is 21.9. The van der Waals surface area contributed by atoms with E-state index in [0.29, 0.717) is 38.8 Å². The van der Waals surface area contributed by atoms with E-state index in [9.17, 15) is 28.8 Å². The number of likely N-dealkylation sites (N-methyl/N-ethyl adjacent to an activating group) is 1. The third-order valence-corrected chi connectivity index (χ3v) is 10.4. The summed E-state index contributed by atoms with van der Waals surface area (Å²) >= 11 is 6.06. The molecule has 0 aromatic heterocycles. The van der Waals surface area contributed by atoms with Gasteiger partial charge in [-0.1, -0.05) is 48.0 Å². The van der Waals surface area contributed by atoms with E-state index in [2.05, 4.69) is 21.3 Å². The molecular formula is C46H52ClN5O10. The topological polar surface area (TPSA) is 191 Å². The Bertz CT molecular complexity index is 2290. The van der Waals surface area contributed by atoms with Gasteiger partial charge in [0, 0.05) is 41.7 Å². The van der Waals surface area contributed by atoms with Gasteiger partial charge in [0.25, 0.3) is 5.91 Å². The van der Waals surface area contributed by atoms with E-state index in [1.54, 1.807) is 93.6 Å². The van der Waals surface area contributed by atoms with E-state index in [-0.39, 0.29) is 24.9 Å². The van der Waals surface area contributed by atoms with Gasteiger partial charge < -0.3 is 45.1 Å². The first-order chi connectivity index (χ1) is 29.4. The number of hydrogen-bond acceptors (Lipinski definition) is 10. The number of benzene rings is 4. The Balaban J connectivity index is 1.55. The number of ether oxygens (including phenoxy) is 4. The second kappa shape index (κ2) is 20.3. The number of nitrogens with zero attached hydrogens (tertiary/aromatic N) is 1. The van der Waals surface area contributed by atoms with Gasteiger partial charge in [-0.25, -0.2) is 9.59 Å². The number of carbonyl (C=O) groups is 6. The quantitative estimate of drug-likeness (QED) is 0.138. The van der Waals surface area contributed by atoms with Crippen LogP contribution in [0.15, 0.2) is 84.9 Å². The molecule has 1 aliphatic heterocycles. The van der Waals surface area contributed by atoms with Crippen LogP contribution in [0.5, 0.6) is 11.5 Å². The number of alkyl carbamates (subject to hydrolysis) is 1. The first kappa shape index (κ1) is 46.5. The Kier molecular flexibility index (Phi) is 15.2. The van der Waals surface area contributed by atoms with E-state index in [1.165, 1.54) is 40.2 Å². The van der Waals surface area contributed by atoms with E-state index >= 15 is 0 Å². The molecule has 0 unspecified atom stereocenters. The molecule has 328 valence electrons. The zero-order valence-electron chi connectivity index (χ0n) is 35.9. The highest BCUT2D eigenvalue weighted by molar-refractivity contribution is 6.30. The van der Waals surface area contributed by atoms with Crippen LogP contribution in [0, 0.1) is 0 Å². The lowest BCUT2D eigenvalue weighted by atomic mass is 9.93. The number of esters is 1. The van der Waals surface area contributed by atoms with Crippen molar-refractivity contribution in [3.63, 3.8) is 0 Å². The molecule has 5 amide bonds. The fourth-order valence-electron chi connectivity index (χ4n) is 6.94. The number of amides is 5. The van der Waals surface area contributed by atoms with Crippen LogP contribution in [-0.4, -0.2) is 99.2 Å². The van der Waals surface area contributed by atoms with Crippen LogP contribution in [0.1, 0.15) is 61.6 Å². The summed E-state index contributed by atoms with van der Waals surface area (Å²) in [5, 5.41) is 11.4. The molecule has 5 rings (SSSR count). The van der Waals surface area contributed by atoms with Crippen LogP contribution >= 0.6 is 11.6 Å². The molecule has 0 spiro atoms. The number of methoxy groups -OCH3 is 3. The molecular weight excluding hydrogens is 818 g/mol. The standard InChI is InChI=1S/C46H52ClN5O10/c1-26-40(53)51-36(44(57)61-8)24-27-9-19-37(59-6)33(23-27)34-25-31(16-20-38(34)60-7)39(42(55)49-26)52(5)43(56)35(21-22-48-45(58)62-46(2,3)4)50-41(54)30-12-10-28(11-13-30)29-14-17-32(47)18-15-29/h9-20,23,25-26,35-36,39H,21-22,24H2,1-8H3,(H,48,58)(H,49,55)(H,50,54)(H,51,53)/t26-,35-,36-,39-/m0/s1. The Hall–Kier alpha value is -6.61. The maximum Gasteiger partial charge on any atom is 0.407 e. The van der Waals surface area contributed by atoms with Crippen LogP contribution in [0.2, 0.25) is 5.02 Å². The molecule has 62 heavy (non-hydrogen) atoms. The predicted molar refractivity (Wildman–Crippen MR) is 233 cm³/mol. The highest BCUT2D eigenvalue weighted by Gasteiger charge is 2.36. The molecule has 1 heterocycles. The zero-order chi connectivity index (χ0) is 45.3. The van der Waals surface area contributed by atoms with Gasteiger partial charge in [-0.3, -0.25) is 19.2 Å². The van der Waals surface area contributed by atoms with Crippen molar-refractivity contribution in [2.24, 2.45) is 0 Å². The predicted octanol–water partition coefficient (Wildman–Crippen LogP) is 5.62. The summed E-state index contributed by atoms with van der Waals surface area (Å²) in [7, 11) is 5.59. The number of fused-ring (bicyclic) bond motifs is 5. The number of halogens is 1. The molecule has 4 atom stereocenters. The molecule has 16 heteroatoms. The summed E-state index contributed by atoms with van der Waals surface area (Å²) in [5.41, 5.74) is 3.19. The molecule has 1 aliphatic rings. The zero-order valence-corrected chi connectivity index (χ0v) is 36.7. The molecule has 4 aromatic rings. The van der Waals surface area contributed by atoms with Crippen LogP contribution in [0.4, 0.5) is 4.79 Å². The minimum absolute atomic E-state index is 0.0559. The van der Waals surface area contributed by atoms with Gasteiger partial charge in [-0.2, -0.15) is 0 Å². The maximum atomic E-state index is 14.8. The van der Waals surface area contributed by atoms with Crippen molar-refractivity contribution in [1.29, 1.82) is 0 Å². The summed E-state index contributed by atoms with van der Waals surface area (Å²) in [6, 6.07) is 19.2. The molecule has 0 saturated carbocycles. The smallest absolute Gasteiger partial charge is 0.407 e. The summed E-state index contributed by atoms with van der Waals surface area (Å²) in [6.07, 6.45) is -0.768. The molecule has 4 N–H and O–H groups in total. The summed E-state index contributed by atoms with van der Waals surface area (Å²) in [6.45, 7) is 6.49. The van der Waals surface area contributed by atoms with E-state index in [0.717, 1.165) is 11.1 Å². The van der Waals surface area contributed by atoms with E-state index in [4.69, 9.17) is 30.5 Å². The highest BCUT2D eigenvalue weighted by atomic mass is 35.5. The fourth-order valence-corrected chi connectivity index (χ4v) is 7.06. The Morgan fingerprint density at radius 1 is 0.823 bits per heavy atom. The Morgan fingerprint density at radius 3 is 2.02 bits per heavy atom. The summed E-state index contributed by atoms with van der Waals surface area (Å²) in [4.78, 5) is 83.3. The van der Waals surface area contributed by atoms with Crippen LogP contribution < -0.4 is 30.7 Å². The minimum Gasteiger partial charge on any atom is -0.496 e. The molecule has 4 bridgehead atoms. The largest absolute Gasteiger partial charge is 0.496 e. The normalized spacial score (nSPS) is 16.9. The van der Waals surface area contributed by atoms with Crippen molar-refractivity contribution in [2.45, 2.75) is 70.3 Å². The lowest BCUT2D eigenvalue weighted by molar-refractivity contribution is -0.145. The van der Waals surface area contributed by atoms with Crippen LogP contribution in [-0.2, 0) is 35.1 Å². The first-order valence-electron chi connectivity index (χ1n) is 19.9. The van der Waals surface area contributed by atoms with Crippen molar-refractivity contribution >= 4 is 47.3 Å². The Morgan fingerprint density at radius 2 is 1.42 bits per heavy atom. The Labute approximate surface area is 365 Å². The molecule has 0 aliphatic carbocycles. The molecule has 0 fully saturated rings. The van der Waals surface area contributed by atoms with Gasteiger partial charge in [-0.15, -0.1) is 0 Å². The van der Waals surface area contributed by atoms with E-state index < -0.39 is 65.5 Å². The third kappa shape index (κ3) is 11.6. The van der Waals surface area contributed by atoms with Crippen molar-refractivity contribution in [3.05, 3.63) is 107 Å². The van der Waals surface area contributed by atoms with Gasteiger partial charge in [0.15, 0.2) is 0 Å². The van der Waals surface area contributed by atoms with Crippen molar-refractivity contribution < 1.29 is 47.7 Å². The lowest BCUT2D eigenvalue weighted by Gasteiger charge is -2.32. The summed E-state index contributed by atoms with van der Waals surface area (Å²) in [5.74, 6) is -2.55. The van der Waals surface area contributed by atoms with E-state index in [1.807, 2.05) is 12.1 Å². The van der Waals surface area contributed by atoms with Crippen molar-refractivity contribution in [2.75, 3.05) is 34.9 Å². The third-order valence-electron chi connectivity index (χ3n) is 10.1. The second-order valence-electron chi connectivity index (χ2n) is 15.7. The number of hydrogen-bond donors (Lipinski definition) is 4. The lowest BCUT2D eigenvalue weighted by Crippen LogP contribution is -2.55.